The normalized spacial score (nSPS) is 12.6. The number of fused-ring (bicyclic) bond motifs is 2. The maximum Gasteiger partial charge on any atom is 0.358 e. The molecule has 0 saturated heterocycles. The second kappa shape index (κ2) is 15.3. The van der Waals surface area contributed by atoms with Crippen LogP contribution in [-0.4, -0.2) is 66.3 Å². The van der Waals surface area contributed by atoms with Gasteiger partial charge in [0, 0.05) is 38.3 Å². The first-order valence-electron chi connectivity index (χ1n) is 15.4. The monoisotopic (exact) mass is 718 g/mol. The summed E-state index contributed by atoms with van der Waals surface area (Å²) >= 11 is 0. The van der Waals surface area contributed by atoms with Crippen molar-refractivity contribution in [2.45, 2.75) is 20.0 Å². The summed E-state index contributed by atoms with van der Waals surface area (Å²) in [4.78, 5) is 60.1. The van der Waals surface area contributed by atoms with Crippen LogP contribution >= 0.6 is 15.2 Å². The number of nitrogens with zero attached hydrogens (tertiary/aromatic N) is 4. The van der Waals surface area contributed by atoms with Crippen LogP contribution in [0.3, 0.4) is 0 Å². The predicted octanol–water partition coefficient (Wildman–Crippen LogP) is 3.54. The maximum atomic E-state index is 12.0. The number of rotatable bonds is 10. The predicted molar refractivity (Wildman–Crippen MR) is 190 cm³/mol. The van der Waals surface area contributed by atoms with Gasteiger partial charge in [-0.15, -0.1) is 0 Å². The van der Waals surface area contributed by atoms with Crippen molar-refractivity contribution in [1.82, 2.24) is 29.7 Å². The first kappa shape index (κ1) is 36.3. The third kappa shape index (κ3) is 8.43. The Morgan fingerprint density at radius 2 is 1.10 bits per heavy atom. The summed E-state index contributed by atoms with van der Waals surface area (Å²) in [6.45, 7) is 2.92. The molecule has 0 spiro atoms. The Morgan fingerprint density at radius 3 is 1.48 bits per heavy atom. The lowest BCUT2D eigenvalue weighted by molar-refractivity contribution is 0.0955. The van der Waals surface area contributed by atoms with Crippen LogP contribution in [0, 0.1) is 0 Å². The molecule has 2 amide bonds. The van der Waals surface area contributed by atoms with Gasteiger partial charge in [0.1, 0.15) is 0 Å². The number of imidazole rings is 2. The van der Waals surface area contributed by atoms with Crippen molar-refractivity contribution in [2.24, 2.45) is 0 Å². The number of carbonyl (C=O) groups excluding carboxylic acids is 2. The Balaban J connectivity index is 0.000000195. The van der Waals surface area contributed by atoms with E-state index in [-0.39, 0.29) is 29.0 Å². The Labute approximate surface area is 287 Å². The van der Waals surface area contributed by atoms with E-state index < -0.39 is 15.2 Å². The Hall–Kier alpha value is -4.94. The first-order chi connectivity index (χ1) is 23.8. The van der Waals surface area contributed by atoms with Crippen LogP contribution in [0.25, 0.3) is 22.1 Å². The maximum absolute atomic E-state index is 12.0. The van der Waals surface area contributed by atoms with Crippen molar-refractivity contribution in [2.75, 3.05) is 20.7 Å². The zero-order valence-electron chi connectivity index (χ0n) is 27.4. The van der Waals surface area contributed by atoms with E-state index in [1.165, 1.54) is 12.1 Å². The molecule has 4 aromatic carbocycles. The molecule has 6 rings (SSSR count). The third-order valence-corrected chi connectivity index (χ3v) is 10.3. The van der Waals surface area contributed by atoms with Crippen molar-refractivity contribution < 1.29 is 37.9 Å². The number of hydrogen-bond acceptors (Lipinski definition) is 7. The minimum atomic E-state index is -4.22. The fourth-order valence-electron chi connectivity index (χ4n) is 5.18. The largest absolute Gasteiger partial charge is 0.358 e. The van der Waals surface area contributed by atoms with E-state index in [9.17, 15) is 23.6 Å². The van der Waals surface area contributed by atoms with Crippen LogP contribution in [0.1, 0.15) is 38.8 Å². The molecule has 0 aliphatic carbocycles. The molecule has 0 aliphatic rings. The van der Waals surface area contributed by atoms with Crippen LogP contribution in [0.5, 0.6) is 0 Å². The lowest BCUT2D eigenvalue weighted by atomic mass is 10.2. The van der Waals surface area contributed by atoms with Gasteiger partial charge in [-0.3, -0.25) is 18.7 Å². The number of nitrogens with one attached hydrogen (secondary N) is 2. The fourth-order valence-corrected chi connectivity index (χ4v) is 6.74. The van der Waals surface area contributed by atoms with E-state index >= 15 is 0 Å². The molecular formula is C34H36N6O8P2. The lowest BCUT2D eigenvalue weighted by Gasteiger charge is -2.11. The number of amides is 2. The van der Waals surface area contributed by atoms with E-state index in [1.807, 2.05) is 21.3 Å². The van der Waals surface area contributed by atoms with E-state index in [0.29, 0.717) is 29.7 Å². The molecule has 260 valence electrons. The van der Waals surface area contributed by atoms with Crippen LogP contribution < -0.4 is 21.2 Å². The summed E-state index contributed by atoms with van der Waals surface area (Å²) in [5.41, 5.74) is 6.18. The van der Waals surface area contributed by atoms with Gasteiger partial charge in [0.15, 0.2) is 0 Å². The Bertz CT molecular complexity index is 2240. The lowest BCUT2D eigenvalue weighted by Crippen LogP contribution is -2.17. The van der Waals surface area contributed by atoms with Crippen LogP contribution in [0.2, 0.25) is 0 Å². The smallest absolute Gasteiger partial charge is 0.355 e. The van der Waals surface area contributed by atoms with Crippen LogP contribution in [0.15, 0.2) is 97.6 Å². The molecule has 1 atom stereocenters. The van der Waals surface area contributed by atoms with Crippen LogP contribution in [-0.2, 0) is 26.7 Å². The van der Waals surface area contributed by atoms with Gasteiger partial charge in [-0.25, -0.2) is 9.97 Å². The van der Waals surface area contributed by atoms with E-state index in [0.717, 1.165) is 27.7 Å². The van der Waals surface area contributed by atoms with Gasteiger partial charge in [0.05, 0.1) is 51.9 Å². The van der Waals surface area contributed by atoms with Gasteiger partial charge in [0.25, 0.3) is 11.8 Å². The van der Waals surface area contributed by atoms with Crippen molar-refractivity contribution in [3.05, 3.63) is 120 Å². The Kier molecular flexibility index (Phi) is 11.1. The van der Waals surface area contributed by atoms with E-state index in [2.05, 4.69) is 20.6 Å². The summed E-state index contributed by atoms with van der Waals surface area (Å²) in [6.07, 6.45) is 3.39. The number of aromatic nitrogens is 4. The fraction of sp³-hybridized carbons (Fsp3) is 0.176. The van der Waals surface area contributed by atoms with Crippen molar-refractivity contribution in [1.29, 1.82) is 0 Å². The molecular weight excluding hydrogens is 682 g/mol. The molecule has 2 aromatic heterocycles. The van der Waals surface area contributed by atoms with Gasteiger partial charge in [-0.1, -0.05) is 24.3 Å². The highest BCUT2D eigenvalue weighted by molar-refractivity contribution is 7.61. The van der Waals surface area contributed by atoms with Gasteiger partial charge in [0.2, 0.25) is 0 Å². The van der Waals surface area contributed by atoms with E-state index in [1.54, 1.807) is 94.3 Å². The van der Waals surface area contributed by atoms with E-state index in [4.69, 9.17) is 14.3 Å². The summed E-state index contributed by atoms with van der Waals surface area (Å²) < 4.78 is 32.0. The molecule has 0 radical (unpaired) electrons. The molecule has 5 N–H and O–H groups in total. The first-order valence-corrected chi connectivity index (χ1v) is 18.6. The zero-order valence-corrected chi connectivity index (χ0v) is 29.2. The molecule has 6 aromatic rings. The molecule has 14 nitrogen and oxygen atoms in total. The molecule has 2 heterocycles. The minimum Gasteiger partial charge on any atom is -0.355 e. The highest BCUT2D eigenvalue weighted by Crippen LogP contribution is 2.40. The standard InChI is InChI=1S/C18H20N3O4P.C16H16N3O4P/c1-3-25-26(23,24)15-7-4-13(5-8-15)11-21-12-20-16-10-14(18(22)19-2)6-9-17(16)21;1-17-16(20)12-4-7-15-14(8-12)18-10-19(15)9-11-2-5-13(6-3-11)24(21,22)23/h4-10,12H,3,11H2,1-2H3,(H,19,22)(H,23,24);2-8,10H,9H2,1H3,(H,17,20)(H2,21,22,23). The highest BCUT2D eigenvalue weighted by Gasteiger charge is 2.21. The van der Waals surface area contributed by atoms with Gasteiger partial charge in [-0.05, 0) is 78.7 Å². The van der Waals surface area contributed by atoms with Gasteiger partial charge in [-0.2, -0.15) is 0 Å². The third-order valence-electron chi connectivity index (χ3n) is 7.77. The summed E-state index contributed by atoms with van der Waals surface area (Å²) in [5.74, 6) is -0.320. The number of benzene rings is 4. The number of hydrogen-bond donors (Lipinski definition) is 5. The molecule has 50 heavy (non-hydrogen) atoms. The van der Waals surface area contributed by atoms with Crippen molar-refractivity contribution in [3.63, 3.8) is 0 Å². The Morgan fingerprint density at radius 1 is 0.680 bits per heavy atom. The van der Waals surface area contributed by atoms with Crippen LogP contribution in [0.4, 0.5) is 0 Å². The number of carbonyl (C=O) groups is 2. The molecule has 16 heteroatoms. The average Bonchev–Trinajstić information content (AvgIpc) is 3.70. The second-order valence-electron chi connectivity index (χ2n) is 11.1. The quantitative estimate of drug-likeness (QED) is 0.131. The summed E-state index contributed by atoms with van der Waals surface area (Å²) in [5, 5.41) is 5.43. The van der Waals surface area contributed by atoms with Crippen molar-refractivity contribution >= 4 is 59.7 Å². The second-order valence-corrected chi connectivity index (χ2v) is 14.5. The topological polar surface area (TPSA) is 198 Å². The summed E-state index contributed by atoms with van der Waals surface area (Å²) in [6, 6.07) is 23.7. The van der Waals surface area contributed by atoms with Crippen molar-refractivity contribution in [3.8, 4) is 0 Å². The molecule has 0 bridgehead atoms. The molecule has 0 saturated carbocycles. The SMILES string of the molecule is CCOP(=O)(O)c1ccc(Cn2cnc3cc(C(=O)NC)ccc32)cc1.CNC(=O)c1ccc2c(c1)ncn2Cc1ccc(P(=O)(O)O)cc1. The summed E-state index contributed by atoms with van der Waals surface area (Å²) in [7, 11) is -4.81. The zero-order chi connectivity index (χ0) is 36.1. The molecule has 0 aliphatic heterocycles. The average molecular weight is 719 g/mol. The minimum absolute atomic E-state index is 0.00282. The molecule has 1 unspecified atom stereocenters. The highest BCUT2D eigenvalue weighted by atomic mass is 31.2. The molecule has 0 fully saturated rings. The van der Waals surface area contributed by atoms with Gasteiger partial charge >= 0.3 is 15.2 Å². The van der Waals surface area contributed by atoms with Gasteiger partial charge < -0.3 is 39.0 Å².